The van der Waals surface area contributed by atoms with Crippen LogP contribution in [0.5, 0.6) is 5.75 Å². The van der Waals surface area contributed by atoms with Gasteiger partial charge in [-0.15, -0.1) is 0 Å². The zero-order chi connectivity index (χ0) is 28.1. The molecule has 0 unspecified atom stereocenters. The summed E-state index contributed by atoms with van der Waals surface area (Å²) in [5.41, 5.74) is 2.31. The third-order valence-corrected chi connectivity index (χ3v) is 9.09. The number of nitrogens with zero attached hydrogens (tertiary/aromatic N) is 2. The molecule has 40 heavy (non-hydrogen) atoms. The van der Waals surface area contributed by atoms with E-state index in [-0.39, 0.29) is 0 Å². The van der Waals surface area contributed by atoms with Gasteiger partial charge in [-0.1, -0.05) is 129 Å². The summed E-state index contributed by atoms with van der Waals surface area (Å²) in [4.78, 5) is 9.27. The van der Waals surface area contributed by atoms with Gasteiger partial charge in [0.25, 0.3) is 0 Å². The second-order valence-electron chi connectivity index (χ2n) is 12.6. The van der Waals surface area contributed by atoms with Crippen LogP contribution in [-0.4, -0.2) is 16.6 Å². The number of rotatable bonds is 22. The number of hydrogen-bond donors (Lipinski definition) is 0. The van der Waals surface area contributed by atoms with E-state index in [1.807, 2.05) is 12.4 Å². The Balaban J connectivity index is 1.22. The van der Waals surface area contributed by atoms with E-state index < -0.39 is 0 Å². The van der Waals surface area contributed by atoms with Crippen molar-refractivity contribution in [2.24, 2.45) is 11.8 Å². The molecule has 1 aromatic carbocycles. The summed E-state index contributed by atoms with van der Waals surface area (Å²) in [5.74, 6) is 3.68. The first-order chi connectivity index (χ1) is 19.8. The highest BCUT2D eigenvalue weighted by Crippen LogP contribution is 2.34. The van der Waals surface area contributed by atoms with E-state index in [0.717, 1.165) is 48.4 Å². The smallest absolute Gasteiger partial charge is 0.159 e. The topological polar surface area (TPSA) is 35.0 Å². The van der Waals surface area contributed by atoms with E-state index in [4.69, 9.17) is 4.74 Å². The molecule has 0 bridgehead atoms. The Hall–Kier alpha value is -1.90. The van der Waals surface area contributed by atoms with Crippen LogP contribution < -0.4 is 4.74 Å². The highest BCUT2D eigenvalue weighted by Gasteiger charge is 2.20. The van der Waals surface area contributed by atoms with Gasteiger partial charge in [0, 0.05) is 18.0 Å². The van der Waals surface area contributed by atoms with Gasteiger partial charge in [-0.2, -0.15) is 0 Å². The fourth-order valence-electron chi connectivity index (χ4n) is 6.38. The predicted octanol–water partition coefficient (Wildman–Crippen LogP) is 11.5. The molecule has 0 atom stereocenters. The number of unbranched alkanes of at least 4 members (excludes halogenated alkanes) is 12. The van der Waals surface area contributed by atoms with Crippen molar-refractivity contribution in [3.8, 4) is 17.1 Å². The van der Waals surface area contributed by atoms with Crippen molar-refractivity contribution in [3.05, 3.63) is 42.2 Å². The van der Waals surface area contributed by atoms with Gasteiger partial charge >= 0.3 is 0 Å². The molecule has 3 heteroatoms. The molecule has 3 rings (SSSR count). The molecule has 0 radical (unpaired) electrons. The molecule has 1 heterocycles. The highest BCUT2D eigenvalue weighted by atomic mass is 16.5. The van der Waals surface area contributed by atoms with Gasteiger partial charge in [-0.25, -0.2) is 9.97 Å². The van der Waals surface area contributed by atoms with Crippen LogP contribution in [0.1, 0.15) is 154 Å². The fourth-order valence-corrected chi connectivity index (χ4v) is 6.38. The van der Waals surface area contributed by atoms with Crippen LogP contribution >= 0.6 is 0 Å². The lowest BCUT2D eigenvalue weighted by molar-refractivity contribution is 0.228. The molecular weight excluding hydrogens is 488 g/mol. The number of aryl methyl sites for hydroxylation is 1. The second kappa shape index (κ2) is 20.9. The van der Waals surface area contributed by atoms with Crippen LogP contribution in [0.15, 0.2) is 36.7 Å². The molecule has 1 fully saturated rings. The zero-order valence-corrected chi connectivity index (χ0v) is 26.2. The third-order valence-electron chi connectivity index (χ3n) is 9.09. The van der Waals surface area contributed by atoms with Gasteiger partial charge in [0.05, 0.1) is 6.61 Å². The molecule has 0 amide bonds. The quantitative estimate of drug-likeness (QED) is 0.137. The Bertz CT molecular complexity index is 855. The number of benzene rings is 1. The summed E-state index contributed by atoms with van der Waals surface area (Å²) < 4.78 is 6.07. The normalized spacial score (nSPS) is 17.2. The monoisotopic (exact) mass is 548 g/mol. The third kappa shape index (κ3) is 13.6. The highest BCUT2D eigenvalue weighted by molar-refractivity contribution is 5.55. The molecule has 3 nitrogen and oxygen atoms in total. The zero-order valence-electron chi connectivity index (χ0n) is 26.2. The Morgan fingerprint density at radius 2 is 1.10 bits per heavy atom. The lowest BCUT2D eigenvalue weighted by Gasteiger charge is -2.28. The largest absolute Gasteiger partial charge is 0.494 e. The molecule has 2 aromatic rings. The Labute approximate surface area is 247 Å². The minimum Gasteiger partial charge on any atom is -0.494 e. The summed E-state index contributed by atoms with van der Waals surface area (Å²) in [6.45, 7) is 5.40. The van der Waals surface area contributed by atoms with E-state index in [0.29, 0.717) is 0 Å². The first kappa shape index (κ1) is 32.6. The molecule has 0 spiro atoms. The summed E-state index contributed by atoms with van der Waals surface area (Å²) in [5, 5.41) is 0. The molecule has 0 aliphatic heterocycles. The first-order valence-electron chi connectivity index (χ1n) is 17.3. The summed E-state index contributed by atoms with van der Waals surface area (Å²) >= 11 is 0. The minimum absolute atomic E-state index is 0.803. The molecule has 1 saturated carbocycles. The maximum atomic E-state index is 6.07. The van der Waals surface area contributed by atoms with Crippen LogP contribution in [0.3, 0.4) is 0 Å². The van der Waals surface area contributed by atoms with E-state index in [2.05, 4.69) is 48.1 Å². The Kier molecular flexibility index (Phi) is 17.0. The second-order valence-corrected chi connectivity index (χ2v) is 12.6. The lowest BCUT2D eigenvalue weighted by atomic mass is 9.78. The summed E-state index contributed by atoms with van der Waals surface area (Å²) in [6.07, 6.45) is 34.3. The Morgan fingerprint density at radius 3 is 1.68 bits per heavy atom. The summed E-state index contributed by atoms with van der Waals surface area (Å²) in [6, 6.07) is 8.32. The fraction of sp³-hybridized carbons (Fsp3) is 0.730. The van der Waals surface area contributed by atoms with Crippen molar-refractivity contribution in [1.29, 1.82) is 0 Å². The number of aromatic nitrogens is 2. The van der Waals surface area contributed by atoms with Crippen molar-refractivity contribution >= 4 is 0 Å². The maximum Gasteiger partial charge on any atom is 0.159 e. The van der Waals surface area contributed by atoms with Crippen LogP contribution in [0.2, 0.25) is 0 Å². The van der Waals surface area contributed by atoms with Crippen molar-refractivity contribution in [2.45, 2.75) is 155 Å². The van der Waals surface area contributed by atoms with Crippen molar-refractivity contribution in [1.82, 2.24) is 9.97 Å². The summed E-state index contributed by atoms with van der Waals surface area (Å²) in [7, 11) is 0. The minimum atomic E-state index is 0.803. The molecule has 0 saturated heterocycles. The van der Waals surface area contributed by atoms with Crippen molar-refractivity contribution < 1.29 is 4.74 Å². The van der Waals surface area contributed by atoms with Gasteiger partial charge in [-0.3, -0.25) is 0 Å². The van der Waals surface area contributed by atoms with Gasteiger partial charge in [-0.05, 0) is 67.3 Å². The van der Waals surface area contributed by atoms with Crippen LogP contribution in [0.4, 0.5) is 0 Å². The first-order valence-corrected chi connectivity index (χ1v) is 17.3. The van der Waals surface area contributed by atoms with E-state index in [1.165, 1.54) is 134 Å². The van der Waals surface area contributed by atoms with Crippen LogP contribution in [0.25, 0.3) is 11.4 Å². The van der Waals surface area contributed by atoms with Crippen LogP contribution in [0, 0.1) is 11.8 Å². The van der Waals surface area contributed by atoms with E-state index in [9.17, 15) is 0 Å². The van der Waals surface area contributed by atoms with Gasteiger partial charge in [0.15, 0.2) is 5.82 Å². The lowest BCUT2D eigenvalue weighted by Crippen LogP contribution is -2.15. The average molecular weight is 549 g/mol. The predicted molar refractivity (Wildman–Crippen MR) is 172 cm³/mol. The molecular formula is C37H60N2O. The molecule has 1 aromatic heterocycles. The maximum absolute atomic E-state index is 6.07. The standard InChI is InChI=1S/C37H60N2O/c1-3-5-7-9-11-13-15-18-32-21-23-33(24-22-32)20-17-29-40-36-27-25-35(26-28-36)37-38-30-34(31-39-37)19-16-14-12-10-8-6-4-2/h25-28,30-33H,3-24,29H2,1-2H3/t32-,33-. The molecule has 0 N–H and O–H groups in total. The number of hydrogen-bond acceptors (Lipinski definition) is 3. The average Bonchev–Trinajstić information content (AvgIpc) is 3.00. The van der Waals surface area contributed by atoms with E-state index >= 15 is 0 Å². The van der Waals surface area contributed by atoms with Gasteiger partial charge < -0.3 is 4.74 Å². The Morgan fingerprint density at radius 1 is 0.600 bits per heavy atom. The van der Waals surface area contributed by atoms with Gasteiger partial charge in [0.2, 0.25) is 0 Å². The van der Waals surface area contributed by atoms with Crippen LogP contribution in [-0.2, 0) is 6.42 Å². The molecule has 224 valence electrons. The van der Waals surface area contributed by atoms with Crippen molar-refractivity contribution in [3.63, 3.8) is 0 Å². The van der Waals surface area contributed by atoms with Crippen molar-refractivity contribution in [2.75, 3.05) is 6.61 Å². The number of ether oxygens (including phenoxy) is 1. The van der Waals surface area contributed by atoms with Gasteiger partial charge in [0.1, 0.15) is 5.75 Å². The van der Waals surface area contributed by atoms with E-state index in [1.54, 1.807) is 0 Å². The SMILES string of the molecule is CCCCCCCCCc1cnc(-c2ccc(OCCC[C@H]3CC[C@H](CCCCCCCCC)CC3)cc2)nc1. The molecule has 1 aliphatic carbocycles. The molecule has 1 aliphatic rings.